The van der Waals surface area contributed by atoms with Crippen molar-refractivity contribution >= 4 is 99.2 Å². The van der Waals surface area contributed by atoms with E-state index in [1.165, 1.54) is 59.9 Å². The van der Waals surface area contributed by atoms with Crippen molar-refractivity contribution in [1.29, 1.82) is 0 Å². The lowest BCUT2D eigenvalue weighted by molar-refractivity contribution is -0.143. The maximum Gasteiger partial charge on any atom is 0.317 e. The van der Waals surface area contributed by atoms with Crippen molar-refractivity contribution in [3.63, 3.8) is 0 Å². The van der Waals surface area contributed by atoms with E-state index in [1.54, 1.807) is 0 Å². The number of carbonyl (C=O) groups is 9. The van der Waals surface area contributed by atoms with Crippen LogP contribution in [-0.4, -0.2) is 102 Å². The van der Waals surface area contributed by atoms with E-state index in [-0.39, 0.29) is 12.6 Å². The number of hydrogen-bond acceptors (Lipinski definition) is 12. The second-order valence-electron chi connectivity index (χ2n) is 9.79. The van der Waals surface area contributed by atoms with E-state index in [9.17, 15) is 48.3 Å². The first-order valence-corrected chi connectivity index (χ1v) is 14.8. The number of ketones is 1. The third-order valence-electron chi connectivity index (χ3n) is 5.37. The van der Waals surface area contributed by atoms with Crippen molar-refractivity contribution in [2.75, 3.05) is 19.6 Å². The summed E-state index contributed by atoms with van der Waals surface area (Å²) in [6, 6.07) is -4.85. The lowest BCUT2D eigenvalue weighted by atomic mass is 9.98. The van der Waals surface area contributed by atoms with Crippen LogP contribution >= 0.6 is 46.0 Å². The highest BCUT2D eigenvalue weighted by atomic mass is 127. The molecule has 0 bridgehead atoms. The number of aliphatic carboxylic acids is 1. The van der Waals surface area contributed by atoms with Gasteiger partial charge in [-0.1, -0.05) is 27.7 Å². The quantitative estimate of drug-likeness (QED) is 0.0651. The normalized spacial score (nSPS) is 12.6. The Morgan fingerprint density at radius 3 is 1.50 bits per heavy atom. The molecule has 5 amide bonds. The number of rotatable bonds is 20. The highest BCUT2D eigenvalue weighted by molar-refractivity contribution is 14.1. The lowest BCUT2D eigenvalue weighted by Crippen LogP contribution is -2.57. The van der Waals surface area contributed by atoms with Crippen molar-refractivity contribution in [2.45, 2.75) is 71.1 Å². The molecule has 3 unspecified atom stereocenters. The van der Waals surface area contributed by atoms with E-state index in [1.807, 2.05) is 13.8 Å². The van der Waals surface area contributed by atoms with E-state index < -0.39 is 110 Å². The van der Waals surface area contributed by atoms with Crippen molar-refractivity contribution in [2.24, 2.45) is 5.92 Å². The van der Waals surface area contributed by atoms with Gasteiger partial charge in [0, 0.05) is 12.0 Å². The maximum absolute atomic E-state index is 13.0. The van der Waals surface area contributed by atoms with Gasteiger partial charge in [0.1, 0.15) is 12.1 Å². The third-order valence-corrected chi connectivity index (χ3v) is 6.35. The first kappa shape index (κ1) is 40.9. The van der Waals surface area contributed by atoms with Crippen molar-refractivity contribution < 1.29 is 54.4 Å². The summed E-state index contributed by atoms with van der Waals surface area (Å²) >= 11 is 2.53. The molecule has 20 heteroatoms. The molecule has 0 saturated carbocycles. The monoisotopic (exact) mass is 854 g/mol. The smallest absolute Gasteiger partial charge is 0.317 e. The Morgan fingerprint density at radius 2 is 1.05 bits per heavy atom. The molecule has 0 heterocycles. The van der Waals surface area contributed by atoms with E-state index in [0.29, 0.717) is 0 Å². The summed E-state index contributed by atoms with van der Waals surface area (Å²) in [6.45, 7) is 5.52. The first-order valence-electron chi connectivity index (χ1n) is 13.1. The van der Waals surface area contributed by atoms with Crippen LogP contribution in [0.5, 0.6) is 0 Å². The fourth-order valence-corrected chi connectivity index (χ4v) is 3.54. The zero-order chi connectivity index (χ0) is 34.0. The molecule has 44 heavy (non-hydrogen) atoms. The highest BCUT2D eigenvalue weighted by Crippen LogP contribution is 2.08. The number of carboxylic acids is 1. The molecule has 0 spiro atoms. The van der Waals surface area contributed by atoms with Gasteiger partial charge in [-0.05, 0) is 0 Å². The van der Waals surface area contributed by atoms with E-state index >= 15 is 0 Å². The van der Waals surface area contributed by atoms with Crippen LogP contribution < -0.4 is 31.9 Å². The average molecular weight is 854 g/mol. The lowest BCUT2D eigenvalue weighted by Gasteiger charge is -2.24. The van der Waals surface area contributed by atoms with Crippen LogP contribution in [0.15, 0.2) is 0 Å². The number of amides is 5. The van der Waals surface area contributed by atoms with Crippen molar-refractivity contribution in [3.05, 3.63) is 0 Å². The molecular weight excluding hydrogens is 818 g/mol. The van der Waals surface area contributed by atoms with Crippen LogP contribution in [0.3, 0.4) is 0 Å². The molecule has 0 aliphatic heterocycles. The second-order valence-corrected chi connectivity index (χ2v) is 10.7. The molecule has 7 N–H and O–H groups in total. The predicted molar refractivity (Wildman–Crippen MR) is 167 cm³/mol. The summed E-state index contributed by atoms with van der Waals surface area (Å²) < 4.78 is 9.00. The Hall–Kier alpha value is -3.15. The molecule has 0 radical (unpaired) electrons. The van der Waals surface area contributed by atoms with Crippen LogP contribution in [0.2, 0.25) is 0 Å². The van der Waals surface area contributed by atoms with Gasteiger partial charge in [0.15, 0.2) is 51.8 Å². The Kier molecular flexibility index (Phi) is 20.0. The van der Waals surface area contributed by atoms with E-state index in [2.05, 4.69) is 38.0 Å². The Labute approximate surface area is 281 Å². The summed E-state index contributed by atoms with van der Waals surface area (Å²) in [5, 5.41) is 23.2. The zero-order valence-corrected chi connectivity index (χ0v) is 28.6. The van der Waals surface area contributed by atoms with E-state index in [0.717, 1.165) is 0 Å². The number of carboxylic acid groups (broad SMARTS) is 1. The molecule has 0 aromatic carbocycles. The molecule has 18 nitrogen and oxygen atoms in total. The minimum Gasteiger partial charge on any atom is -0.481 e. The number of carbonyl (C=O) groups excluding carboxylic acids is 8. The van der Waals surface area contributed by atoms with Gasteiger partial charge < -0.3 is 43.1 Å². The van der Waals surface area contributed by atoms with Gasteiger partial charge in [0.05, 0.1) is 44.9 Å². The molecule has 0 aromatic rings. The van der Waals surface area contributed by atoms with Crippen LogP contribution in [0.1, 0.15) is 47.0 Å². The highest BCUT2D eigenvalue weighted by Gasteiger charge is 2.33. The summed E-state index contributed by atoms with van der Waals surface area (Å²) in [7, 11) is 0. The van der Waals surface area contributed by atoms with Gasteiger partial charge in [-0.2, -0.15) is 0 Å². The Morgan fingerprint density at radius 1 is 0.614 bits per heavy atom. The zero-order valence-electron chi connectivity index (χ0n) is 24.3. The van der Waals surface area contributed by atoms with Gasteiger partial charge in [0.25, 0.3) is 0 Å². The number of halogens is 2. The van der Waals surface area contributed by atoms with Gasteiger partial charge in [-0.3, -0.25) is 43.2 Å². The van der Waals surface area contributed by atoms with Crippen LogP contribution in [0, 0.1) is 5.92 Å². The summed E-state index contributed by atoms with van der Waals surface area (Å²) in [4.78, 5) is 110. The maximum atomic E-state index is 13.0. The number of Topliss-reactive ketones (excluding diaryl/α,β-unsaturated/α-hetero) is 1. The molecule has 0 aliphatic rings. The molecule has 0 fully saturated rings. The largest absolute Gasteiger partial charge is 0.481 e. The summed E-state index contributed by atoms with van der Waals surface area (Å²) in [6.07, 6.45) is -2.28. The average Bonchev–Trinajstić information content (AvgIpc) is 2.95. The van der Waals surface area contributed by atoms with Crippen molar-refractivity contribution in [1.82, 2.24) is 31.9 Å². The minimum atomic E-state index is -1.80. The second kappa shape index (κ2) is 21.5. The van der Waals surface area contributed by atoms with Gasteiger partial charge in [-0.15, -0.1) is 0 Å². The number of nitrogens with one attached hydrogen (secondary N) is 6. The van der Waals surface area contributed by atoms with E-state index in [4.69, 9.17) is 0 Å². The fourth-order valence-electron chi connectivity index (χ4n) is 3.18. The fraction of sp³-hybridized carbons (Fsp3) is 0.625. The minimum absolute atomic E-state index is 0.0320. The molecule has 0 saturated heterocycles. The Bertz CT molecular complexity index is 1090. The topological polar surface area (TPSA) is 264 Å². The SMILES string of the molecule is CC(C)NCC(=O)NCC(=O)NCC(=O)NC(CC(=O)OI)C(=O)NC(CC(=O)O)C(=O)NC(CC(=O)OI)C(=O)C(C)C. The summed E-state index contributed by atoms with van der Waals surface area (Å²) in [5.74, 6) is -8.99. The molecule has 0 aliphatic carbocycles. The van der Waals surface area contributed by atoms with Gasteiger partial charge in [-0.25, -0.2) is 0 Å². The molecule has 0 aromatic heterocycles. The number of hydrogen-bond donors (Lipinski definition) is 7. The van der Waals surface area contributed by atoms with Crippen LogP contribution in [0.4, 0.5) is 0 Å². The third kappa shape index (κ3) is 17.8. The predicted octanol–water partition coefficient (Wildman–Crippen LogP) is -2.06. The molecule has 248 valence electrons. The van der Waals surface area contributed by atoms with Crippen LogP contribution in [-0.2, 0) is 49.3 Å². The molecule has 0 rings (SSSR count). The summed E-state index contributed by atoms with van der Waals surface area (Å²) in [5.41, 5.74) is 0. The molecule has 3 atom stereocenters. The Balaban J connectivity index is 5.53. The first-order chi connectivity index (χ1) is 20.5. The van der Waals surface area contributed by atoms with Crippen LogP contribution in [0.25, 0.3) is 0 Å². The molecular formula is C24H36I2N6O12. The van der Waals surface area contributed by atoms with Gasteiger partial charge in [0.2, 0.25) is 29.5 Å². The van der Waals surface area contributed by atoms with Gasteiger partial charge >= 0.3 is 17.9 Å². The van der Waals surface area contributed by atoms with Crippen molar-refractivity contribution in [3.8, 4) is 0 Å². The standard InChI is InChI=1S/C24H36I2N6O12/c1-11(2)22(40)13(6-20(38)43-25)31-23(41)14(5-19(36)37)32-24(42)15(7-21(39)44-26)30-18(35)10-29-17(34)9-28-16(33)8-27-12(3)4/h11-15,27H,5-10H2,1-4H3,(H,28,33)(H,29,34)(H,30,35)(H,31,41)(H,32,42)(H,36,37).